The summed E-state index contributed by atoms with van der Waals surface area (Å²) in [7, 11) is 0. The van der Waals surface area contributed by atoms with Gasteiger partial charge < -0.3 is 5.11 Å². The molecule has 0 amide bonds. The highest BCUT2D eigenvalue weighted by atomic mass is 19.2. The summed E-state index contributed by atoms with van der Waals surface area (Å²) < 4.78 is 26.0. The molecule has 0 aliphatic carbocycles. The molecular formula is C16H16F2O. The first-order chi connectivity index (χ1) is 9.11. The number of hydrogen-bond donors (Lipinski definition) is 1. The van der Waals surface area contributed by atoms with Gasteiger partial charge in [-0.25, -0.2) is 8.78 Å². The zero-order chi connectivity index (χ0) is 13.8. The lowest BCUT2D eigenvalue weighted by molar-refractivity contribution is 0.177. The van der Waals surface area contributed by atoms with E-state index in [9.17, 15) is 13.9 Å². The average Bonchev–Trinajstić information content (AvgIpc) is 2.43. The van der Waals surface area contributed by atoms with Gasteiger partial charge in [0, 0.05) is 6.42 Å². The number of halogens is 2. The summed E-state index contributed by atoms with van der Waals surface area (Å²) in [6.07, 6.45) is 0.389. The van der Waals surface area contributed by atoms with E-state index in [0.717, 1.165) is 29.7 Å². The lowest BCUT2D eigenvalue weighted by atomic mass is 9.96. The summed E-state index contributed by atoms with van der Waals surface area (Å²) in [5, 5.41) is 10.2. The normalized spacial score (nSPS) is 12.4. The van der Waals surface area contributed by atoms with E-state index in [-0.39, 0.29) is 6.42 Å². The largest absolute Gasteiger partial charge is 0.388 e. The number of benzene rings is 2. The molecule has 1 nitrogen and oxygen atoms in total. The molecule has 0 saturated heterocycles. The zero-order valence-corrected chi connectivity index (χ0v) is 10.7. The predicted octanol–water partition coefficient (Wildman–Crippen LogP) is 3.80. The van der Waals surface area contributed by atoms with Crippen molar-refractivity contribution in [2.75, 3.05) is 0 Å². The molecule has 3 heteroatoms. The molecule has 0 saturated carbocycles. The highest BCUT2D eigenvalue weighted by Gasteiger charge is 2.13. The maximum Gasteiger partial charge on any atom is 0.159 e. The lowest BCUT2D eigenvalue weighted by Crippen LogP contribution is -2.05. The van der Waals surface area contributed by atoms with Crippen LogP contribution < -0.4 is 0 Å². The highest BCUT2D eigenvalue weighted by molar-refractivity contribution is 5.30. The van der Waals surface area contributed by atoms with Gasteiger partial charge in [0.2, 0.25) is 0 Å². The van der Waals surface area contributed by atoms with E-state index >= 15 is 0 Å². The molecule has 0 aliphatic rings. The Hall–Kier alpha value is -1.74. The van der Waals surface area contributed by atoms with E-state index in [1.807, 2.05) is 31.2 Å². The number of aliphatic hydroxyl groups is 1. The van der Waals surface area contributed by atoms with Crippen LogP contribution in [0.1, 0.15) is 29.7 Å². The van der Waals surface area contributed by atoms with Crippen LogP contribution in [-0.4, -0.2) is 5.11 Å². The van der Waals surface area contributed by atoms with Gasteiger partial charge in [0.25, 0.3) is 0 Å². The summed E-state index contributed by atoms with van der Waals surface area (Å²) in [6.45, 7) is 2.02. The Balaban J connectivity index is 2.20. The van der Waals surface area contributed by atoms with E-state index in [1.165, 1.54) is 6.07 Å². The molecular weight excluding hydrogens is 246 g/mol. The van der Waals surface area contributed by atoms with Gasteiger partial charge in [0.1, 0.15) is 0 Å². The van der Waals surface area contributed by atoms with Crippen LogP contribution in [0.3, 0.4) is 0 Å². The van der Waals surface area contributed by atoms with E-state index < -0.39 is 17.7 Å². The first-order valence-electron chi connectivity index (χ1n) is 6.31. The van der Waals surface area contributed by atoms with Crippen LogP contribution in [0.4, 0.5) is 8.78 Å². The van der Waals surface area contributed by atoms with Gasteiger partial charge >= 0.3 is 0 Å². The molecule has 0 aliphatic heterocycles. The van der Waals surface area contributed by atoms with Crippen LogP contribution in [0.15, 0.2) is 42.5 Å². The second kappa shape index (κ2) is 5.93. The van der Waals surface area contributed by atoms with E-state index in [1.54, 1.807) is 0 Å². The predicted molar refractivity (Wildman–Crippen MR) is 70.8 cm³/mol. The van der Waals surface area contributed by atoms with Crippen LogP contribution >= 0.6 is 0 Å². The highest BCUT2D eigenvalue weighted by Crippen LogP contribution is 2.23. The Kier molecular flexibility index (Phi) is 4.27. The number of rotatable bonds is 4. The molecule has 100 valence electrons. The second-order valence-corrected chi connectivity index (χ2v) is 4.52. The van der Waals surface area contributed by atoms with E-state index in [2.05, 4.69) is 0 Å². The molecule has 2 aromatic rings. The topological polar surface area (TPSA) is 20.2 Å². The fourth-order valence-electron chi connectivity index (χ4n) is 2.18. The minimum absolute atomic E-state index is 0.272. The summed E-state index contributed by atoms with van der Waals surface area (Å²) in [4.78, 5) is 0. The first kappa shape index (κ1) is 13.7. The fraction of sp³-hybridized carbons (Fsp3) is 0.250. The van der Waals surface area contributed by atoms with Gasteiger partial charge in [0.15, 0.2) is 11.6 Å². The molecule has 19 heavy (non-hydrogen) atoms. The first-order valence-corrected chi connectivity index (χ1v) is 6.31. The Morgan fingerprint density at radius 1 is 1.05 bits per heavy atom. The van der Waals surface area contributed by atoms with Crippen molar-refractivity contribution < 1.29 is 13.9 Å². The van der Waals surface area contributed by atoms with Crippen LogP contribution in [0.5, 0.6) is 0 Å². The minimum atomic E-state index is -0.881. The molecule has 2 rings (SSSR count). The van der Waals surface area contributed by atoms with Gasteiger partial charge in [-0.2, -0.15) is 0 Å². The Bertz CT molecular complexity index is 566. The van der Waals surface area contributed by atoms with Gasteiger partial charge in [-0.05, 0) is 35.2 Å². The third-order valence-electron chi connectivity index (χ3n) is 3.21. The van der Waals surface area contributed by atoms with Crippen molar-refractivity contribution in [1.82, 2.24) is 0 Å². The average molecular weight is 262 g/mol. The van der Waals surface area contributed by atoms with Gasteiger partial charge in [-0.3, -0.25) is 0 Å². The number of aliphatic hydroxyl groups excluding tert-OH is 1. The van der Waals surface area contributed by atoms with Crippen LogP contribution in [0.25, 0.3) is 0 Å². The van der Waals surface area contributed by atoms with E-state index in [0.29, 0.717) is 5.56 Å². The molecule has 0 radical (unpaired) electrons. The maximum absolute atomic E-state index is 13.1. The van der Waals surface area contributed by atoms with Crippen molar-refractivity contribution in [1.29, 1.82) is 0 Å². The Morgan fingerprint density at radius 2 is 1.79 bits per heavy atom. The van der Waals surface area contributed by atoms with Crippen LogP contribution in [0.2, 0.25) is 0 Å². The van der Waals surface area contributed by atoms with Crippen LogP contribution in [0, 0.1) is 11.6 Å². The molecule has 0 aromatic heterocycles. The van der Waals surface area contributed by atoms with Gasteiger partial charge in [0.05, 0.1) is 6.10 Å². The molecule has 2 aromatic carbocycles. The lowest BCUT2D eigenvalue weighted by Gasteiger charge is -2.15. The summed E-state index contributed by atoms with van der Waals surface area (Å²) >= 11 is 0. The second-order valence-electron chi connectivity index (χ2n) is 4.52. The third kappa shape index (κ3) is 3.18. The summed E-state index contributed by atoms with van der Waals surface area (Å²) in [5.41, 5.74) is 2.49. The van der Waals surface area contributed by atoms with Crippen molar-refractivity contribution in [3.63, 3.8) is 0 Å². The Morgan fingerprint density at radius 3 is 2.47 bits per heavy atom. The fourth-order valence-corrected chi connectivity index (χ4v) is 2.18. The SMILES string of the molecule is CCc1ccccc1C(O)Cc1ccc(F)c(F)c1. The monoisotopic (exact) mass is 262 g/mol. The molecule has 0 spiro atoms. The molecule has 0 fully saturated rings. The smallest absolute Gasteiger partial charge is 0.159 e. The quantitative estimate of drug-likeness (QED) is 0.888. The summed E-state index contributed by atoms with van der Waals surface area (Å²) in [5.74, 6) is -1.75. The third-order valence-corrected chi connectivity index (χ3v) is 3.21. The molecule has 1 atom stereocenters. The standard InChI is InChI=1S/C16H16F2O/c1-2-12-5-3-4-6-13(12)16(19)10-11-7-8-14(17)15(18)9-11/h3-9,16,19H,2,10H2,1H3. The van der Waals surface area contributed by atoms with Crippen molar-refractivity contribution in [3.05, 3.63) is 70.8 Å². The maximum atomic E-state index is 13.1. The van der Waals surface area contributed by atoms with Crippen molar-refractivity contribution in [3.8, 4) is 0 Å². The Labute approximate surface area is 111 Å². The molecule has 1 N–H and O–H groups in total. The van der Waals surface area contributed by atoms with Crippen molar-refractivity contribution >= 4 is 0 Å². The zero-order valence-electron chi connectivity index (χ0n) is 10.7. The number of aryl methyl sites for hydroxylation is 1. The van der Waals surface area contributed by atoms with Gasteiger partial charge in [-0.15, -0.1) is 0 Å². The minimum Gasteiger partial charge on any atom is -0.388 e. The molecule has 1 unspecified atom stereocenters. The van der Waals surface area contributed by atoms with E-state index in [4.69, 9.17) is 0 Å². The van der Waals surface area contributed by atoms with Crippen molar-refractivity contribution in [2.45, 2.75) is 25.9 Å². The molecule has 0 bridgehead atoms. The van der Waals surface area contributed by atoms with Gasteiger partial charge in [-0.1, -0.05) is 37.3 Å². The van der Waals surface area contributed by atoms with Crippen LogP contribution in [-0.2, 0) is 12.8 Å². The summed E-state index contributed by atoms with van der Waals surface area (Å²) in [6, 6.07) is 11.3. The molecule has 0 heterocycles. The van der Waals surface area contributed by atoms with Crippen molar-refractivity contribution in [2.24, 2.45) is 0 Å². The number of hydrogen-bond acceptors (Lipinski definition) is 1.